The molecule has 18 heavy (non-hydrogen) atoms. The van der Waals surface area contributed by atoms with Crippen LogP contribution >= 0.6 is 0 Å². The van der Waals surface area contributed by atoms with Crippen LogP contribution in [0.15, 0.2) is 24.3 Å². The van der Waals surface area contributed by atoms with Gasteiger partial charge in [0.05, 0.1) is 0 Å². The van der Waals surface area contributed by atoms with Crippen molar-refractivity contribution in [2.45, 2.75) is 52.6 Å². The van der Waals surface area contributed by atoms with E-state index < -0.39 is 0 Å². The third-order valence-corrected chi connectivity index (χ3v) is 3.46. The summed E-state index contributed by atoms with van der Waals surface area (Å²) in [6, 6.07) is 6.15. The van der Waals surface area contributed by atoms with Gasteiger partial charge in [-0.05, 0) is 51.0 Å². The number of rotatable bonds is 5. The van der Waals surface area contributed by atoms with E-state index >= 15 is 0 Å². The van der Waals surface area contributed by atoms with Gasteiger partial charge in [0.25, 0.3) is 5.91 Å². The Morgan fingerprint density at radius 3 is 1.94 bits per heavy atom. The molecule has 1 aromatic rings. The van der Waals surface area contributed by atoms with Crippen molar-refractivity contribution in [1.29, 1.82) is 0 Å². The number of benzene rings is 1. The first-order valence-corrected chi connectivity index (χ1v) is 6.59. The van der Waals surface area contributed by atoms with Crippen molar-refractivity contribution >= 4 is 5.91 Å². The predicted molar refractivity (Wildman–Crippen MR) is 72.1 cm³/mol. The first-order chi connectivity index (χ1) is 8.51. The Balaban J connectivity index is 2.98. The van der Waals surface area contributed by atoms with Crippen molar-refractivity contribution in [2.75, 3.05) is 0 Å². The highest BCUT2D eigenvalue weighted by molar-refractivity contribution is 5.94. The van der Waals surface area contributed by atoms with Crippen LogP contribution in [0.3, 0.4) is 0 Å². The van der Waals surface area contributed by atoms with E-state index in [1.807, 2.05) is 18.7 Å². The number of amides is 1. The van der Waals surface area contributed by atoms with Gasteiger partial charge in [-0.2, -0.15) is 0 Å². The molecule has 100 valence electrons. The maximum Gasteiger partial charge on any atom is 0.254 e. The van der Waals surface area contributed by atoms with E-state index in [0.29, 0.717) is 5.56 Å². The molecule has 0 aliphatic carbocycles. The average molecular weight is 251 g/mol. The lowest BCUT2D eigenvalue weighted by Gasteiger charge is -2.34. The SMILES string of the molecule is CC[C@H](C)N(C(=O)c1ccc(F)cc1)[C@@H](C)CC. The number of carbonyl (C=O) groups is 1. The summed E-state index contributed by atoms with van der Waals surface area (Å²) in [6.07, 6.45) is 1.83. The summed E-state index contributed by atoms with van der Waals surface area (Å²) in [6.45, 7) is 8.23. The summed E-state index contributed by atoms with van der Waals surface area (Å²) < 4.78 is 12.9. The molecule has 3 heteroatoms. The third kappa shape index (κ3) is 3.31. The van der Waals surface area contributed by atoms with Crippen molar-refractivity contribution in [3.8, 4) is 0 Å². The van der Waals surface area contributed by atoms with Gasteiger partial charge >= 0.3 is 0 Å². The van der Waals surface area contributed by atoms with E-state index in [-0.39, 0.29) is 23.8 Å². The number of hydrogen-bond donors (Lipinski definition) is 0. The summed E-state index contributed by atoms with van der Waals surface area (Å²) >= 11 is 0. The minimum absolute atomic E-state index is 0.0151. The van der Waals surface area contributed by atoms with E-state index in [0.717, 1.165) is 12.8 Å². The molecule has 0 saturated carbocycles. The lowest BCUT2D eigenvalue weighted by molar-refractivity contribution is 0.0598. The number of hydrogen-bond acceptors (Lipinski definition) is 1. The smallest absolute Gasteiger partial charge is 0.254 e. The first-order valence-electron chi connectivity index (χ1n) is 6.59. The molecular weight excluding hydrogens is 229 g/mol. The van der Waals surface area contributed by atoms with E-state index in [1.54, 1.807) is 12.1 Å². The highest BCUT2D eigenvalue weighted by Crippen LogP contribution is 2.16. The normalized spacial score (nSPS) is 14.1. The quantitative estimate of drug-likeness (QED) is 0.778. The van der Waals surface area contributed by atoms with Gasteiger partial charge in [-0.25, -0.2) is 4.39 Å². The highest BCUT2D eigenvalue weighted by Gasteiger charge is 2.24. The summed E-state index contributed by atoms with van der Waals surface area (Å²) in [4.78, 5) is 14.4. The Morgan fingerprint density at radius 2 is 1.56 bits per heavy atom. The van der Waals surface area contributed by atoms with Crippen molar-refractivity contribution in [3.63, 3.8) is 0 Å². The zero-order valence-corrected chi connectivity index (χ0v) is 11.6. The molecule has 0 N–H and O–H groups in total. The molecular formula is C15H22FNO. The number of carbonyl (C=O) groups excluding carboxylic acids is 1. The maximum absolute atomic E-state index is 12.9. The van der Waals surface area contributed by atoms with E-state index in [2.05, 4.69) is 13.8 Å². The highest BCUT2D eigenvalue weighted by atomic mass is 19.1. The van der Waals surface area contributed by atoms with Gasteiger partial charge in [-0.1, -0.05) is 13.8 Å². The maximum atomic E-state index is 12.9. The molecule has 2 atom stereocenters. The van der Waals surface area contributed by atoms with E-state index in [9.17, 15) is 9.18 Å². The van der Waals surface area contributed by atoms with Crippen LogP contribution in [0.1, 0.15) is 50.9 Å². The van der Waals surface area contributed by atoms with Crippen LogP contribution in [-0.2, 0) is 0 Å². The lowest BCUT2D eigenvalue weighted by Crippen LogP contribution is -2.44. The molecule has 0 radical (unpaired) electrons. The van der Waals surface area contributed by atoms with Crippen LogP contribution in [0.25, 0.3) is 0 Å². The van der Waals surface area contributed by atoms with Gasteiger partial charge in [0.1, 0.15) is 5.82 Å². The zero-order chi connectivity index (χ0) is 13.7. The number of nitrogens with zero attached hydrogens (tertiary/aromatic N) is 1. The van der Waals surface area contributed by atoms with Crippen LogP contribution in [0, 0.1) is 5.82 Å². The molecule has 0 unspecified atom stereocenters. The Morgan fingerprint density at radius 1 is 1.11 bits per heavy atom. The average Bonchev–Trinajstić information content (AvgIpc) is 2.39. The zero-order valence-electron chi connectivity index (χ0n) is 11.6. The van der Waals surface area contributed by atoms with Gasteiger partial charge in [-0.3, -0.25) is 4.79 Å². The molecule has 1 aromatic carbocycles. The van der Waals surface area contributed by atoms with Gasteiger partial charge in [-0.15, -0.1) is 0 Å². The van der Waals surface area contributed by atoms with Crippen LogP contribution in [0.2, 0.25) is 0 Å². The number of halogens is 1. The van der Waals surface area contributed by atoms with Crippen molar-refractivity contribution in [3.05, 3.63) is 35.6 Å². The fraction of sp³-hybridized carbons (Fsp3) is 0.533. The third-order valence-electron chi connectivity index (χ3n) is 3.46. The molecule has 1 amide bonds. The summed E-state index contributed by atoms with van der Waals surface area (Å²) in [5, 5.41) is 0. The monoisotopic (exact) mass is 251 g/mol. The Bertz CT molecular complexity index is 378. The molecule has 0 aromatic heterocycles. The second-order valence-corrected chi connectivity index (χ2v) is 4.73. The summed E-state index contributed by atoms with van der Waals surface area (Å²) in [5.41, 5.74) is 0.553. The van der Waals surface area contributed by atoms with E-state index in [4.69, 9.17) is 0 Å². The molecule has 2 nitrogen and oxygen atoms in total. The molecule has 0 saturated heterocycles. The molecule has 1 rings (SSSR count). The van der Waals surface area contributed by atoms with Crippen LogP contribution in [0.5, 0.6) is 0 Å². The molecule has 0 aliphatic rings. The summed E-state index contributed by atoms with van der Waals surface area (Å²) in [7, 11) is 0. The molecule has 0 heterocycles. The fourth-order valence-electron chi connectivity index (χ4n) is 1.97. The van der Waals surface area contributed by atoms with E-state index in [1.165, 1.54) is 12.1 Å². The summed E-state index contributed by atoms with van der Waals surface area (Å²) in [5.74, 6) is -0.330. The topological polar surface area (TPSA) is 20.3 Å². The van der Waals surface area contributed by atoms with Crippen LogP contribution < -0.4 is 0 Å². The standard InChI is InChI=1S/C15H22FNO/c1-5-11(3)17(12(4)6-2)15(18)13-7-9-14(16)10-8-13/h7-12H,5-6H2,1-4H3/t11-,12-/m0/s1. The van der Waals surface area contributed by atoms with Crippen molar-refractivity contribution in [1.82, 2.24) is 4.90 Å². The van der Waals surface area contributed by atoms with Gasteiger partial charge in [0.15, 0.2) is 0 Å². The Kier molecular flexibility index (Phi) is 5.32. The minimum atomic E-state index is -0.315. The van der Waals surface area contributed by atoms with Crippen LogP contribution in [-0.4, -0.2) is 22.9 Å². The molecule has 0 bridgehead atoms. The minimum Gasteiger partial charge on any atom is -0.333 e. The van der Waals surface area contributed by atoms with Gasteiger partial charge < -0.3 is 4.90 Å². The van der Waals surface area contributed by atoms with Gasteiger partial charge in [0, 0.05) is 17.6 Å². The second kappa shape index (κ2) is 6.53. The van der Waals surface area contributed by atoms with Crippen molar-refractivity contribution < 1.29 is 9.18 Å². The molecule has 0 spiro atoms. The Labute approximate surface area is 109 Å². The first kappa shape index (κ1) is 14.7. The largest absolute Gasteiger partial charge is 0.333 e. The molecule has 0 aliphatic heterocycles. The fourth-order valence-corrected chi connectivity index (χ4v) is 1.97. The van der Waals surface area contributed by atoms with Gasteiger partial charge in [0.2, 0.25) is 0 Å². The molecule has 0 fully saturated rings. The Hall–Kier alpha value is -1.38. The second-order valence-electron chi connectivity index (χ2n) is 4.73. The van der Waals surface area contributed by atoms with Crippen molar-refractivity contribution in [2.24, 2.45) is 0 Å². The van der Waals surface area contributed by atoms with Crippen LogP contribution in [0.4, 0.5) is 4.39 Å². The lowest BCUT2D eigenvalue weighted by atomic mass is 10.1. The predicted octanol–water partition coefficient (Wildman–Crippen LogP) is 3.86.